The van der Waals surface area contributed by atoms with E-state index >= 15 is 0 Å². The van der Waals surface area contributed by atoms with Crippen molar-refractivity contribution in [1.82, 2.24) is 0 Å². The third kappa shape index (κ3) is 3.85. The summed E-state index contributed by atoms with van der Waals surface area (Å²) in [6.07, 6.45) is 1.99. The highest BCUT2D eigenvalue weighted by Crippen LogP contribution is 2.25. The molecule has 0 atom stereocenters. The molecule has 0 amide bonds. The normalized spacial score (nSPS) is 10.9. The highest BCUT2D eigenvalue weighted by Gasteiger charge is 2.08. The molecule has 1 heterocycles. The Bertz CT molecular complexity index is 887. The first-order valence-corrected chi connectivity index (χ1v) is 8.82. The van der Waals surface area contributed by atoms with Gasteiger partial charge in [0.15, 0.2) is 5.43 Å². The molecule has 0 unspecified atom stereocenters. The van der Waals surface area contributed by atoms with Crippen LogP contribution < -0.4 is 10.2 Å². The number of fused-ring (bicyclic) bond motifs is 1. The van der Waals surface area contributed by atoms with Gasteiger partial charge in [0.25, 0.3) is 0 Å². The van der Waals surface area contributed by atoms with E-state index in [1.54, 1.807) is 30.3 Å². The van der Waals surface area contributed by atoms with E-state index in [1.807, 2.05) is 0 Å². The fourth-order valence-electron chi connectivity index (χ4n) is 2.37. The molecule has 0 radical (unpaired) electrons. The van der Waals surface area contributed by atoms with E-state index < -0.39 is 0 Å². The number of halogens is 2. The van der Waals surface area contributed by atoms with Crippen molar-refractivity contribution in [3.63, 3.8) is 0 Å². The zero-order valence-electron chi connectivity index (χ0n) is 12.9. The van der Waals surface area contributed by atoms with E-state index in [1.165, 1.54) is 18.2 Å². The summed E-state index contributed by atoms with van der Waals surface area (Å²) in [6.45, 7) is 0.610. The second kappa shape index (κ2) is 7.62. The zero-order chi connectivity index (χ0) is 16.9. The SMILES string of the molecule is O=c1cc(-c2ccc(F)cc2)oc2cc(OCCCCBr)ccc12. The predicted octanol–water partition coefficient (Wildman–Crippen LogP) is 5.15. The first-order valence-electron chi connectivity index (χ1n) is 7.70. The maximum absolute atomic E-state index is 13.0. The van der Waals surface area contributed by atoms with Gasteiger partial charge in [0.1, 0.15) is 22.9 Å². The van der Waals surface area contributed by atoms with Gasteiger partial charge in [0.05, 0.1) is 12.0 Å². The van der Waals surface area contributed by atoms with Gasteiger partial charge in [-0.3, -0.25) is 4.79 Å². The van der Waals surface area contributed by atoms with E-state index in [9.17, 15) is 9.18 Å². The van der Waals surface area contributed by atoms with E-state index in [4.69, 9.17) is 9.15 Å². The minimum atomic E-state index is -0.332. The van der Waals surface area contributed by atoms with Crippen LogP contribution in [0.15, 0.2) is 57.7 Å². The summed E-state index contributed by atoms with van der Waals surface area (Å²) in [5, 5.41) is 1.44. The standard InChI is InChI=1S/C19H16BrFO3/c20-9-1-2-10-23-15-7-8-16-17(22)12-18(24-19(16)11-15)13-3-5-14(21)6-4-13/h3-8,11-12H,1-2,9-10H2. The van der Waals surface area contributed by atoms with Crippen molar-refractivity contribution in [3.05, 3.63) is 64.6 Å². The van der Waals surface area contributed by atoms with Crippen molar-refractivity contribution in [1.29, 1.82) is 0 Å². The quantitative estimate of drug-likeness (QED) is 0.431. The monoisotopic (exact) mass is 390 g/mol. The van der Waals surface area contributed by atoms with Gasteiger partial charge < -0.3 is 9.15 Å². The number of hydrogen-bond acceptors (Lipinski definition) is 3. The van der Waals surface area contributed by atoms with Crippen LogP contribution in [0.2, 0.25) is 0 Å². The lowest BCUT2D eigenvalue weighted by Crippen LogP contribution is -2.02. The minimum Gasteiger partial charge on any atom is -0.493 e. The molecular weight excluding hydrogens is 375 g/mol. The molecule has 124 valence electrons. The highest BCUT2D eigenvalue weighted by atomic mass is 79.9. The van der Waals surface area contributed by atoms with Gasteiger partial charge in [0, 0.05) is 23.0 Å². The van der Waals surface area contributed by atoms with Gasteiger partial charge in [-0.25, -0.2) is 4.39 Å². The van der Waals surface area contributed by atoms with Crippen molar-refractivity contribution in [2.24, 2.45) is 0 Å². The Balaban J connectivity index is 1.92. The largest absolute Gasteiger partial charge is 0.493 e. The summed E-state index contributed by atoms with van der Waals surface area (Å²) in [5.41, 5.74) is 0.972. The molecule has 0 aliphatic carbocycles. The first-order chi connectivity index (χ1) is 11.7. The van der Waals surface area contributed by atoms with E-state index in [0.29, 0.717) is 34.6 Å². The molecule has 0 aliphatic rings. The molecule has 3 rings (SSSR count). The van der Waals surface area contributed by atoms with Crippen molar-refractivity contribution in [3.8, 4) is 17.1 Å². The van der Waals surface area contributed by atoms with Crippen molar-refractivity contribution < 1.29 is 13.5 Å². The summed E-state index contributed by atoms with van der Waals surface area (Å²) in [4.78, 5) is 12.3. The highest BCUT2D eigenvalue weighted by molar-refractivity contribution is 9.09. The minimum absolute atomic E-state index is 0.138. The number of ether oxygens (including phenoxy) is 1. The molecule has 0 aliphatic heterocycles. The topological polar surface area (TPSA) is 39.4 Å². The number of benzene rings is 2. The van der Waals surface area contributed by atoms with Crippen LogP contribution in [0.4, 0.5) is 4.39 Å². The number of hydrogen-bond donors (Lipinski definition) is 0. The van der Waals surface area contributed by atoms with Gasteiger partial charge >= 0.3 is 0 Å². The van der Waals surface area contributed by atoms with Gasteiger partial charge in [-0.05, 0) is 49.2 Å². The predicted molar refractivity (Wildman–Crippen MR) is 96.4 cm³/mol. The molecule has 0 spiro atoms. The van der Waals surface area contributed by atoms with Crippen molar-refractivity contribution in [2.45, 2.75) is 12.8 Å². The average molecular weight is 391 g/mol. The van der Waals surface area contributed by atoms with Crippen molar-refractivity contribution >= 4 is 26.9 Å². The summed E-state index contributed by atoms with van der Waals surface area (Å²) in [6, 6.07) is 12.5. The molecule has 0 saturated heterocycles. The van der Waals surface area contributed by atoms with Crippen LogP contribution in [0.5, 0.6) is 5.75 Å². The van der Waals surface area contributed by atoms with Crippen LogP contribution >= 0.6 is 15.9 Å². The molecule has 0 saturated carbocycles. The second-order valence-corrected chi connectivity index (χ2v) is 6.18. The van der Waals surface area contributed by atoms with Crippen LogP contribution in [0.25, 0.3) is 22.3 Å². The van der Waals surface area contributed by atoms with Crippen LogP contribution in [0.1, 0.15) is 12.8 Å². The molecule has 3 nitrogen and oxygen atoms in total. The fourth-order valence-corrected chi connectivity index (χ4v) is 2.76. The second-order valence-electron chi connectivity index (χ2n) is 5.38. The van der Waals surface area contributed by atoms with Crippen LogP contribution in [-0.2, 0) is 0 Å². The Kier molecular flexibility index (Phi) is 5.30. The Hall–Kier alpha value is -2.14. The molecule has 0 N–H and O–H groups in total. The van der Waals surface area contributed by atoms with Crippen LogP contribution in [-0.4, -0.2) is 11.9 Å². The Morgan fingerprint density at radius 3 is 2.58 bits per heavy atom. The number of rotatable bonds is 6. The number of unbranched alkanes of at least 4 members (excludes halogenated alkanes) is 1. The summed E-state index contributed by atoms with van der Waals surface area (Å²) < 4.78 is 24.6. The summed E-state index contributed by atoms with van der Waals surface area (Å²) in [7, 11) is 0. The lowest BCUT2D eigenvalue weighted by Gasteiger charge is -2.07. The molecular formula is C19H16BrFO3. The van der Waals surface area contributed by atoms with Gasteiger partial charge in [-0.2, -0.15) is 0 Å². The molecule has 2 aromatic carbocycles. The van der Waals surface area contributed by atoms with Gasteiger partial charge in [0.2, 0.25) is 0 Å². The van der Waals surface area contributed by atoms with Gasteiger partial charge in [-0.1, -0.05) is 15.9 Å². The lowest BCUT2D eigenvalue weighted by molar-refractivity contribution is 0.310. The summed E-state index contributed by atoms with van der Waals surface area (Å²) >= 11 is 3.38. The molecule has 5 heteroatoms. The zero-order valence-corrected chi connectivity index (χ0v) is 14.5. The van der Waals surface area contributed by atoms with Crippen LogP contribution in [0.3, 0.4) is 0 Å². The summed E-state index contributed by atoms with van der Waals surface area (Å²) in [5.74, 6) is 0.737. The molecule has 3 aromatic rings. The smallest absolute Gasteiger partial charge is 0.193 e. The Labute approximate surface area is 147 Å². The fraction of sp³-hybridized carbons (Fsp3) is 0.211. The lowest BCUT2D eigenvalue weighted by atomic mass is 10.1. The number of alkyl halides is 1. The average Bonchev–Trinajstić information content (AvgIpc) is 2.59. The van der Waals surface area contributed by atoms with Crippen LogP contribution in [0, 0.1) is 5.82 Å². The van der Waals surface area contributed by atoms with Gasteiger partial charge in [-0.15, -0.1) is 0 Å². The third-order valence-corrected chi connectivity index (χ3v) is 4.19. The first kappa shape index (κ1) is 16.7. The molecule has 0 fully saturated rings. The van der Waals surface area contributed by atoms with E-state index in [0.717, 1.165) is 18.2 Å². The molecule has 1 aromatic heterocycles. The molecule has 0 bridgehead atoms. The van der Waals surface area contributed by atoms with Crippen molar-refractivity contribution in [2.75, 3.05) is 11.9 Å². The maximum atomic E-state index is 13.0. The van der Waals surface area contributed by atoms with E-state index in [-0.39, 0.29) is 11.2 Å². The maximum Gasteiger partial charge on any atom is 0.193 e. The molecule has 24 heavy (non-hydrogen) atoms. The Morgan fingerprint density at radius 2 is 1.83 bits per heavy atom. The third-order valence-electron chi connectivity index (χ3n) is 3.63. The Morgan fingerprint density at radius 1 is 1.04 bits per heavy atom. The van der Waals surface area contributed by atoms with E-state index in [2.05, 4.69) is 15.9 Å².